The number of halogens is 1. The van der Waals surface area contributed by atoms with E-state index in [9.17, 15) is 4.79 Å². The van der Waals surface area contributed by atoms with Gasteiger partial charge in [0, 0.05) is 29.2 Å². The lowest BCUT2D eigenvalue weighted by atomic mass is 10.00. The fraction of sp³-hybridized carbons (Fsp3) is 0.125. The van der Waals surface area contributed by atoms with Crippen molar-refractivity contribution in [3.05, 3.63) is 112 Å². The average Bonchev–Trinajstić information content (AvgIpc) is 2.70. The van der Waals surface area contributed by atoms with E-state index in [1.807, 2.05) is 85.9 Å². The van der Waals surface area contributed by atoms with Crippen LogP contribution in [0.15, 0.2) is 90.5 Å². The molecule has 0 unspecified atom stereocenters. The first-order valence-corrected chi connectivity index (χ1v) is 9.28. The molecular formula is C24H22ClNO. The maximum absolute atomic E-state index is 13.1. The molecule has 0 aliphatic rings. The van der Waals surface area contributed by atoms with Gasteiger partial charge in [-0.3, -0.25) is 9.69 Å². The van der Waals surface area contributed by atoms with Crippen LogP contribution in [0, 0.1) is 0 Å². The minimum absolute atomic E-state index is 0.0235. The molecular weight excluding hydrogens is 354 g/mol. The number of ketones is 1. The Morgan fingerprint density at radius 3 is 2.15 bits per heavy atom. The third kappa shape index (κ3) is 5.40. The predicted octanol–water partition coefficient (Wildman–Crippen LogP) is 5.74. The van der Waals surface area contributed by atoms with Gasteiger partial charge in [-0.05, 0) is 30.3 Å². The Balaban J connectivity index is 1.88. The Morgan fingerprint density at radius 2 is 1.48 bits per heavy atom. The highest BCUT2D eigenvalue weighted by Gasteiger charge is 2.15. The lowest BCUT2D eigenvalue weighted by Crippen LogP contribution is -2.24. The second kappa shape index (κ2) is 9.31. The molecule has 0 aliphatic carbocycles. The number of Topliss-reactive ketones (excluding diaryl/α,β-unsaturated/α-hetero) is 1. The van der Waals surface area contributed by atoms with Crippen molar-refractivity contribution in [3.63, 3.8) is 0 Å². The zero-order valence-electron chi connectivity index (χ0n) is 15.3. The number of likely N-dealkylation sites (N-methyl/N-ethyl adjacent to an activating group) is 1. The SMILES string of the molecule is CN(C/C(=C\c1ccccc1Cl)C(=O)c1ccccc1)Cc1ccccc1. The van der Waals surface area contributed by atoms with E-state index >= 15 is 0 Å². The number of rotatable bonds is 7. The molecule has 0 atom stereocenters. The summed E-state index contributed by atoms with van der Waals surface area (Å²) < 4.78 is 0. The molecule has 0 N–H and O–H groups in total. The summed E-state index contributed by atoms with van der Waals surface area (Å²) in [4.78, 5) is 15.2. The monoisotopic (exact) mass is 375 g/mol. The van der Waals surface area contributed by atoms with Crippen molar-refractivity contribution in [2.45, 2.75) is 6.54 Å². The van der Waals surface area contributed by atoms with Gasteiger partial charge in [-0.1, -0.05) is 90.5 Å². The van der Waals surface area contributed by atoms with Crippen LogP contribution >= 0.6 is 11.6 Å². The minimum atomic E-state index is 0.0235. The molecule has 3 rings (SSSR count). The van der Waals surface area contributed by atoms with Crippen LogP contribution in [0.3, 0.4) is 0 Å². The van der Waals surface area contributed by atoms with Gasteiger partial charge < -0.3 is 0 Å². The van der Waals surface area contributed by atoms with Gasteiger partial charge in [-0.25, -0.2) is 0 Å². The van der Waals surface area contributed by atoms with Gasteiger partial charge in [0.1, 0.15) is 0 Å². The topological polar surface area (TPSA) is 20.3 Å². The fourth-order valence-corrected chi connectivity index (χ4v) is 3.17. The summed E-state index contributed by atoms with van der Waals surface area (Å²) in [5.41, 5.74) is 3.47. The fourth-order valence-electron chi connectivity index (χ4n) is 2.98. The lowest BCUT2D eigenvalue weighted by molar-refractivity contribution is 0.102. The molecule has 0 amide bonds. The van der Waals surface area contributed by atoms with Crippen LogP contribution in [0.4, 0.5) is 0 Å². The summed E-state index contributed by atoms with van der Waals surface area (Å²) in [5, 5.41) is 0.640. The van der Waals surface area contributed by atoms with E-state index in [4.69, 9.17) is 11.6 Å². The Labute approximate surface area is 165 Å². The van der Waals surface area contributed by atoms with Gasteiger partial charge >= 0.3 is 0 Å². The summed E-state index contributed by atoms with van der Waals surface area (Å²) in [6.45, 7) is 1.30. The van der Waals surface area contributed by atoms with Crippen LogP contribution in [0.25, 0.3) is 6.08 Å². The van der Waals surface area contributed by atoms with E-state index in [-0.39, 0.29) is 5.78 Å². The number of nitrogens with zero attached hydrogens (tertiary/aromatic N) is 1. The van der Waals surface area contributed by atoms with Crippen molar-refractivity contribution in [3.8, 4) is 0 Å². The number of hydrogen-bond acceptors (Lipinski definition) is 2. The van der Waals surface area contributed by atoms with Gasteiger partial charge in [0.2, 0.25) is 0 Å². The van der Waals surface area contributed by atoms with Crippen molar-refractivity contribution in [2.75, 3.05) is 13.6 Å². The highest BCUT2D eigenvalue weighted by atomic mass is 35.5. The zero-order chi connectivity index (χ0) is 19.1. The molecule has 0 heterocycles. The maximum Gasteiger partial charge on any atom is 0.190 e. The summed E-state index contributed by atoms with van der Waals surface area (Å²) in [5.74, 6) is 0.0235. The Hall–Kier alpha value is -2.68. The van der Waals surface area contributed by atoms with E-state index in [1.165, 1.54) is 5.56 Å². The maximum atomic E-state index is 13.1. The molecule has 0 aliphatic heterocycles. The van der Waals surface area contributed by atoms with E-state index in [2.05, 4.69) is 17.0 Å². The number of hydrogen-bond donors (Lipinski definition) is 0. The highest BCUT2D eigenvalue weighted by molar-refractivity contribution is 6.32. The van der Waals surface area contributed by atoms with Crippen LogP contribution < -0.4 is 0 Å². The molecule has 3 heteroatoms. The van der Waals surface area contributed by atoms with Gasteiger partial charge in [0.15, 0.2) is 5.78 Å². The van der Waals surface area contributed by atoms with Crippen LogP contribution in [0.2, 0.25) is 5.02 Å². The molecule has 0 radical (unpaired) electrons. The third-order valence-electron chi connectivity index (χ3n) is 4.30. The Morgan fingerprint density at radius 1 is 0.889 bits per heavy atom. The van der Waals surface area contributed by atoms with Crippen LogP contribution in [0.1, 0.15) is 21.5 Å². The molecule has 3 aromatic carbocycles. The van der Waals surface area contributed by atoms with Crippen LogP contribution in [-0.4, -0.2) is 24.3 Å². The molecule has 0 spiro atoms. The normalized spacial score (nSPS) is 11.6. The second-order valence-corrected chi connectivity index (χ2v) is 6.95. The van der Waals surface area contributed by atoms with E-state index in [0.29, 0.717) is 22.7 Å². The lowest BCUT2D eigenvalue weighted by Gasteiger charge is -2.19. The van der Waals surface area contributed by atoms with Crippen LogP contribution in [-0.2, 0) is 6.54 Å². The molecule has 0 saturated carbocycles. The van der Waals surface area contributed by atoms with E-state index < -0.39 is 0 Å². The minimum Gasteiger partial charge on any atom is -0.298 e. The van der Waals surface area contributed by atoms with Gasteiger partial charge in [-0.15, -0.1) is 0 Å². The van der Waals surface area contributed by atoms with Gasteiger partial charge in [-0.2, -0.15) is 0 Å². The molecule has 2 nitrogen and oxygen atoms in total. The Bertz CT molecular complexity index is 919. The van der Waals surface area contributed by atoms with Crippen molar-refractivity contribution < 1.29 is 4.79 Å². The van der Waals surface area contributed by atoms with E-state index in [0.717, 1.165) is 12.1 Å². The first kappa shape index (κ1) is 19.1. The van der Waals surface area contributed by atoms with Crippen molar-refractivity contribution in [1.29, 1.82) is 0 Å². The molecule has 0 fully saturated rings. The smallest absolute Gasteiger partial charge is 0.190 e. The molecule has 0 bridgehead atoms. The summed E-state index contributed by atoms with van der Waals surface area (Å²) >= 11 is 6.32. The average molecular weight is 376 g/mol. The van der Waals surface area contributed by atoms with Gasteiger partial charge in [0.05, 0.1) is 0 Å². The van der Waals surface area contributed by atoms with E-state index in [1.54, 1.807) is 0 Å². The summed E-state index contributed by atoms with van der Waals surface area (Å²) in [6.07, 6.45) is 1.90. The van der Waals surface area contributed by atoms with Crippen molar-refractivity contribution in [1.82, 2.24) is 4.90 Å². The standard InChI is InChI=1S/C24H22ClNO/c1-26(17-19-10-4-2-5-11-19)18-22(16-21-14-8-9-15-23(21)25)24(27)20-12-6-3-7-13-20/h2-16H,17-18H2,1H3/b22-16+. The first-order chi connectivity index (χ1) is 13.1. The predicted molar refractivity (Wildman–Crippen MR) is 113 cm³/mol. The second-order valence-electron chi connectivity index (χ2n) is 6.54. The van der Waals surface area contributed by atoms with Crippen molar-refractivity contribution in [2.24, 2.45) is 0 Å². The number of benzene rings is 3. The zero-order valence-corrected chi connectivity index (χ0v) is 16.1. The van der Waals surface area contributed by atoms with Crippen molar-refractivity contribution >= 4 is 23.5 Å². The molecule has 0 saturated heterocycles. The summed E-state index contributed by atoms with van der Waals surface area (Å²) in [7, 11) is 2.02. The third-order valence-corrected chi connectivity index (χ3v) is 4.64. The molecule has 3 aromatic rings. The highest BCUT2D eigenvalue weighted by Crippen LogP contribution is 2.21. The number of carbonyl (C=O) groups excluding carboxylic acids is 1. The van der Waals surface area contributed by atoms with Gasteiger partial charge in [0.25, 0.3) is 0 Å². The van der Waals surface area contributed by atoms with Crippen LogP contribution in [0.5, 0.6) is 0 Å². The molecule has 136 valence electrons. The number of carbonyl (C=O) groups is 1. The quantitative estimate of drug-likeness (QED) is 0.387. The molecule has 27 heavy (non-hydrogen) atoms. The first-order valence-electron chi connectivity index (χ1n) is 8.91. The largest absolute Gasteiger partial charge is 0.298 e. The Kier molecular flexibility index (Phi) is 6.59. The summed E-state index contributed by atoms with van der Waals surface area (Å²) in [6, 6.07) is 27.2. The molecule has 0 aromatic heterocycles.